The van der Waals surface area contributed by atoms with Gasteiger partial charge in [0.2, 0.25) is 0 Å². The van der Waals surface area contributed by atoms with Crippen LogP contribution < -0.4 is 4.74 Å². The van der Waals surface area contributed by atoms with Crippen LogP contribution in [0.3, 0.4) is 0 Å². The van der Waals surface area contributed by atoms with Crippen LogP contribution in [0.1, 0.15) is 46.4 Å². The van der Waals surface area contributed by atoms with E-state index in [1.807, 2.05) is 34.1 Å². The topological polar surface area (TPSA) is 49.9 Å². The SMILES string of the molecule is O=C(c1ccc(OCC2CCCN(C(=O)c3ccc(F)cc3)C2)cc1)N1CCCC1. The van der Waals surface area contributed by atoms with Crippen molar-refractivity contribution < 1.29 is 18.7 Å². The number of rotatable bonds is 5. The fourth-order valence-electron chi connectivity index (χ4n) is 4.17. The van der Waals surface area contributed by atoms with Gasteiger partial charge in [-0.05, 0) is 74.2 Å². The van der Waals surface area contributed by atoms with Gasteiger partial charge in [0.1, 0.15) is 11.6 Å². The molecule has 2 aromatic carbocycles. The highest BCUT2D eigenvalue weighted by molar-refractivity contribution is 5.94. The Morgan fingerprint density at radius 2 is 1.40 bits per heavy atom. The molecule has 5 nitrogen and oxygen atoms in total. The third kappa shape index (κ3) is 4.81. The molecule has 0 spiro atoms. The van der Waals surface area contributed by atoms with Crippen LogP contribution in [0.2, 0.25) is 0 Å². The van der Waals surface area contributed by atoms with Gasteiger partial charge in [-0.3, -0.25) is 9.59 Å². The molecule has 30 heavy (non-hydrogen) atoms. The number of piperidine rings is 1. The molecule has 2 aliphatic rings. The Morgan fingerprint density at radius 3 is 2.07 bits per heavy atom. The summed E-state index contributed by atoms with van der Waals surface area (Å²) < 4.78 is 19.0. The van der Waals surface area contributed by atoms with Crippen molar-refractivity contribution in [2.45, 2.75) is 25.7 Å². The van der Waals surface area contributed by atoms with Gasteiger partial charge < -0.3 is 14.5 Å². The van der Waals surface area contributed by atoms with Gasteiger partial charge in [0.25, 0.3) is 11.8 Å². The molecular formula is C24H27FN2O3. The lowest BCUT2D eigenvalue weighted by Crippen LogP contribution is -2.41. The highest BCUT2D eigenvalue weighted by atomic mass is 19.1. The Balaban J connectivity index is 1.29. The van der Waals surface area contributed by atoms with E-state index in [2.05, 4.69) is 0 Å². The van der Waals surface area contributed by atoms with Gasteiger partial charge in [0.15, 0.2) is 0 Å². The molecule has 2 aliphatic heterocycles. The Kier molecular flexibility index (Phi) is 6.31. The first-order valence-electron chi connectivity index (χ1n) is 10.7. The quantitative estimate of drug-likeness (QED) is 0.749. The van der Waals surface area contributed by atoms with E-state index in [-0.39, 0.29) is 23.5 Å². The Bertz CT molecular complexity index is 876. The molecule has 158 valence electrons. The predicted molar refractivity (Wildman–Crippen MR) is 112 cm³/mol. The maximum atomic E-state index is 13.1. The van der Waals surface area contributed by atoms with Crippen molar-refractivity contribution in [3.05, 3.63) is 65.5 Å². The smallest absolute Gasteiger partial charge is 0.253 e. The average molecular weight is 410 g/mol. The first-order chi connectivity index (χ1) is 14.6. The lowest BCUT2D eigenvalue weighted by atomic mass is 9.98. The number of amides is 2. The maximum absolute atomic E-state index is 13.1. The fraction of sp³-hybridized carbons (Fsp3) is 0.417. The third-order valence-electron chi connectivity index (χ3n) is 5.88. The third-order valence-corrected chi connectivity index (χ3v) is 5.88. The molecule has 4 rings (SSSR count). The van der Waals surface area contributed by atoms with Crippen molar-refractivity contribution in [2.24, 2.45) is 5.92 Å². The number of hydrogen-bond donors (Lipinski definition) is 0. The van der Waals surface area contributed by atoms with Gasteiger partial charge in [0.05, 0.1) is 6.61 Å². The molecule has 0 N–H and O–H groups in total. The summed E-state index contributed by atoms with van der Waals surface area (Å²) in [5.74, 6) is 0.652. The van der Waals surface area contributed by atoms with Crippen molar-refractivity contribution >= 4 is 11.8 Å². The predicted octanol–water partition coefficient (Wildman–Crippen LogP) is 3.99. The molecule has 2 amide bonds. The van der Waals surface area contributed by atoms with Crippen molar-refractivity contribution in [2.75, 3.05) is 32.8 Å². The molecule has 0 bridgehead atoms. The second-order valence-corrected chi connectivity index (χ2v) is 8.10. The number of likely N-dealkylation sites (tertiary alicyclic amines) is 2. The van der Waals surface area contributed by atoms with Crippen LogP contribution in [0, 0.1) is 11.7 Å². The lowest BCUT2D eigenvalue weighted by Gasteiger charge is -2.32. The summed E-state index contributed by atoms with van der Waals surface area (Å²) in [4.78, 5) is 28.8. The number of carbonyl (C=O) groups is 2. The van der Waals surface area contributed by atoms with Crippen LogP contribution in [-0.2, 0) is 0 Å². The van der Waals surface area contributed by atoms with Crippen LogP contribution in [0.5, 0.6) is 5.75 Å². The van der Waals surface area contributed by atoms with Crippen LogP contribution >= 0.6 is 0 Å². The molecule has 0 radical (unpaired) electrons. The number of benzene rings is 2. The van der Waals surface area contributed by atoms with Gasteiger partial charge in [-0.1, -0.05) is 0 Å². The van der Waals surface area contributed by atoms with E-state index in [0.717, 1.165) is 44.5 Å². The Morgan fingerprint density at radius 1 is 0.833 bits per heavy atom. The van der Waals surface area contributed by atoms with E-state index in [1.165, 1.54) is 24.3 Å². The molecule has 0 aliphatic carbocycles. The van der Waals surface area contributed by atoms with Gasteiger partial charge >= 0.3 is 0 Å². The highest BCUT2D eigenvalue weighted by Gasteiger charge is 2.25. The second kappa shape index (κ2) is 9.28. The Hall–Kier alpha value is -2.89. The minimum Gasteiger partial charge on any atom is -0.493 e. The van der Waals surface area contributed by atoms with Crippen LogP contribution in [0.4, 0.5) is 4.39 Å². The van der Waals surface area contributed by atoms with Crippen molar-refractivity contribution in [3.63, 3.8) is 0 Å². The van der Waals surface area contributed by atoms with Crippen LogP contribution in [0.25, 0.3) is 0 Å². The molecule has 0 saturated carbocycles. The Labute approximate surface area is 176 Å². The number of carbonyl (C=O) groups excluding carboxylic acids is 2. The van der Waals surface area contributed by atoms with Crippen molar-refractivity contribution in [1.29, 1.82) is 0 Å². The molecule has 2 fully saturated rings. The molecular weight excluding hydrogens is 383 g/mol. The summed E-state index contributed by atoms with van der Waals surface area (Å²) in [5, 5.41) is 0. The number of ether oxygens (including phenoxy) is 1. The summed E-state index contributed by atoms with van der Waals surface area (Å²) in [5.41, 5.74) is 1.20. The van der Waals surface area contributed by atoms with E-state index >= 15 is 0 Å². The standard InChI is InChI=1S/C24H27FN2O3/c25-21-9-5-19(6-10-21)24(29)27-15-3-4-18(16-27)17-30-22-11-7-20(8-12-22)23(28)26-13-1-2-14-26/h5-12,18H,1-4,13-17H2. The summed E-state index contributed by atoms with van der Waals surface area (Å²) in [6, 6.07) is 13.0. The summed E-state index contributed by atoms with van der Waals surface area (Å²) in [6.07, 6.45) is 4.08. The lowest BCUT2D eigenvalue weighted by molar-refractivity contribution is 0.0633. The zero-order valence-corrected chi connectivity index (χ0v) is 17.1. The summed E-state index contributed by atoms with van der Waals surface area (Å²) in [7, 11) is 0. The zero-order chi connectivity index (χ0) is 20.9. The van der Waals surface area contributed by atoms with E-state index in [9.17, 15) is 14.0 Å². The molecule has 1 atom stereocenters. The van der Waals surface area contributed by atoms with Crippen molar-refractivity contribution in [1.82, 2.24) is 9.80 Å². The molecule has 1 unspecified atom stereocenters. The largest absolute Gasteiger partial charge is 0.493 e. The number of hydrogen-bond acceptors (Lipinski definition) is 3. The first kappa shape index (κ1) is 20.4. The molecule has 6 heteroatoms. The summed E-state index contributed by atoms with van der Waals surface area (Å²) in [6.45, 7) is 3.53. The minimum atomic E-state index is -0.343. The minimum absolute atomic E-state index is 0.0653. The molecule has 2 aromatic rings. The maximum Gasteiger partial charge on any atom is 0.253 e. The highest BCUT2D eigenvalue weighted by Crippen LogP contribution is 2.22. The normalized spacial score (nSPS) is 19.0. The second-order valence-electron chi connectivity index (χ2n) is 8.10. The van der Waals surface area contributed by atoms with E-state index in [0.29, 0.717) is 30.8 Å². The van der Waals surface area contributed by atoms with Crippen LogP contribution in [0.15, 0.2) is 48.5 Å². The monoisotopic (exact) mass is 410 g/mol. The summed E-state index contributed by atoms with van der Waals surface area (Å²) >= 11 is 0. The van der Waals surface area contributed by atoms with E-state index < -0.39 is 0 Å². The molecule has 0 aromatic heterocycles. The van der Waals surface area contributed by atoms with E-state index in [4.69, 9.17) is 4.74 Å². The molecule has 2 saturated heterocycles. The average Bonchev–Trinajstić information content (AvgIpc) is 3.33. The first-order valence-corrected chi connectivity index (χ1v) is 10.7. The van der Waals surface area contributed by atoms with Gasteiger partial charge in [-0.25, -0.2) is 4.39 Å². The fourth-order valence-corrected chi connectivity index (χ4v) is 4.17. The van der Waals surface area contributed by atoms with Crippen molar-refractivity contribution in [3.8, 4) is 5.75 Å². The number of halogens is 1. The van der Waals surface area contributed by atoms with Gasteiger partial charge in [0, 0.05) is 43.2 Å². The number of nitrogens with zero attached hydrogens (tertiary/aromatic N) is 2. The van der Waals surface area contributed by atoms with Crippen LogP contribution in [-0.4, -0.2) is 54.4 Å². The van der Waals surface area contributed by atoms with Gasteiger partial charge in [-0.15, -0.1) is 0 Å². The molecule has 2 heterocycles. The zero-order valence-electron chi connectivity index (χ0n) is 17.1. The van der Waals surface area contributed by atoms with E-state index in [1.54, 1.807) is 0 Å². The van der Waals surface area contributed by atoms with Gasteiger partial charge in [-0.2, -0.15) is 0 Å².